The van der Waals surface area contributed by atoms with Crippen molar-refractivity contribution in [3.63, 3.8) is 0 Å². The average Bonchev–Trinajstić information content (AvgIpc) is 2.44. The molecule has 2 aromatic carbocycles. The van der Waals surface area contributed by atoms with Crippen LogP contribution >= 0.6 is 27.5 Å². The van der Waals surface area contributed by atoms with Crippen LogP contribution in [0.3, 0.4) is 0 Å². The number of carbonyl (C=O) groups is 1. The SMILES string of the molecule is CC(Oc1ccccc1Cl)C(=O)Nc1ccc(Br)cc1F. The third-order valence-corrected chi connectivity index (χ3v) is 3.50. The molecule has 1 amide bonds. The largest absolute Gasteiger partial charge is 0.479 e. The summed E-state index contributed by atoms with van der Waals surface area (Å²) >= 11 is 9.11. The second-order valence-electron chi connectivity index (χ2n) is 4.30. The smallest absolute Gasteiger partial charge is 0.265 e. The minimum atomic E-state index is -0.812. The van der Waals surface area contributed by atoms with Crippen LogP contribution in [0.5, 0.6) is 5.75 Å². The van der Waals surface area contributed by atoms with E-state index in [9.17, 15) is 9.18 Å². The molecule has 1 unspecified atom stereocenters. The Labute approximate surface area is 135 Å². The van der Waals surface area contributed by atoms with Crippen LogP contribution in [0, 0.1) is 5.82 Å². The number of nitrogens with one attached hydrogen (secondary N) is 1. The first-order valence-corrected chi connectivity index (χ1v) is 7.31. The number of carbonyl (C=O) groups excluding carboxylic acids is 1. The normalized spacial score (nSPS) is 11.8. The molecule has 0 aliphatic heterocycles. The first-order valence-electron chi connectivity index (χ1n) is 6.14. The molecule has 110 valence electrons. The lowest BCUT2D eigenvalue weighted by Gasteiger charge is -2.15. The fourth-order valence-electron chi connectivity index (χ4n) is 1.61. The molecule has 6 heteroatoms. The molecule has 0 aromatic heterocycles. The van der Waals surface area contributed by atoms with Gasteiger partial charge in [-0.05, 0) is 37.3 Å². The van der Waals surface area contributed by atoms with Crippen molar-refractivity contribution >= 4 is 39.1 Å². The number of halogens is 3. The lowest BCUT2D eigenvalue weighted by atomic mass is 10.2. The van der Waals surface area contributed by atoms with Gasteiger partial charge in [0.05, 0.1) is 10.7 Å². The third kappa shape index (κ3) is 4.19. The van der Waals surface area contributed by atoms with Gasteiger partial charge in [-0.2, -0.15) is 0 Å². The van der Waals surface area contributed by atoms with Crippen LogP contribution in [0.1, 0.15) is 6.92 Å². The highest BCUT2D eigenvalue weighted by Crippen LogP contribution is 2.25. The quantitative estimate of drug-likeness (QED) is 0.848. The summed E-state index contributed by atoms with van der Waals surface area (Å²) in [6.07, 6.45) is -0.812. The topological polar surface area (TPSA) is 38.3 Å². The van der Waals surface area contributed by atoms with Crippen LogP contribution in [-0.2, 0) is 4.79 Å². The molecule has 0 radical (unpaired) electrons. The summed E-state index contributed by atoms with van der Waals surface area (Å²) in [5, 5.41) is 2.88. The molecule has 3 nitrogen and oxygen atoms in total. The van der Waals surface area contributed by atoms with Crippen LogP contribution in [-0.4, -0.2) is 12.0 Å². The van der Waals surface area contributed by atoms with E-state index in [1.165, 1.54) is 12.1 Å². The van der Waals surface area contributed by atoms with Crippen molar-refractivity contribution in [2.75, 3.05) is 5.32 Å². The maximum absolute atomic E-state index is 13.7. The third-order valence-electron chi connectivity index (χ3n) is 2.70. The van der Waals surface area contributed by atoms with E-state index in [0.717, 1.165) is 0 Å². The highest BCUT2D eigenvalue weighted by Gasteiger charge is 2.17. The molecular formula is C15H12BrClFNO2. The summed E-state index contributed by atoms with van der Waals surface area (Å²) in [5.41, 5.74) is 0.0952. The number of hydrogen-bond donors (Lipinski definition) is 1. The molecule has 1 N–H and O–H groups in total. The fraction of sp³-hybridized carbons (Fsp3) is 0.133. The van der Waals surface area contributed by atoms with E-state index in [1.54, 1.807) is 37.3 Å². The monoisotopic (exact) mass is 371 g/mol. The van der Waals surface area contributed by atoms with Crippen molar-refractivity contribution in [2.24, 2.45) is 0 Å². The molecule has 0 bridgehead atoms. The van der Waals surface area contributed by atoms with Crippen LogP contribution < -0.4 is 10.1 Å². The number of anilines is 1. The van der Waals surface area contributed by atoms with Crippen molar-refractivity contribution in [3.05, 3.63) is 57.8 Å². The second kappa shape index (κ2) is 6.91. The lowest BCUT2D eigenvalue weighted by Crippen LogP contribution is -2.30. The summed E-state index contributed by atoms with van der Waals surface area (Å²) in [4.78, 5) is 12.0. The maximum atomic E-state index is 13.7. The zero-order chi connectivity index (χ0) is 15.4. The van der Waals surface area contributed by atoms with Gasteiger partial charge in [-0.1, -0.05) is 39.7 Å². The summed E-state index contributed by atoms with van der Waals surface area (Å²) in [5.74, 6) is -0.586. The zero-order valence-corrected chi connectivity index (χ0v) is 13.4. The summed E-state index contributed by atoms with van der Waals surface area (Å²) in [7, 11) is 0. The highest BCUT2D eigenvalue weighted by molar-refractivity contribution is 9.10. The van der Waals surface area contributed by atoms with Crippen LogP contribution in [0.2, 0.25) is 5.02 Å². The number of benzene rings is 2. The van der Waals surface area contributed by atoms with Crippen molar-refractivity contribution in [3.8, 4) is 5.75 Å². The molecule has 2 rings (SSSR count). The van der Waals surface area contributed by atoms with Gasteiger partial charge >= 0.3 is 0 Å². The molecule has 0 heterocycles. The molecular weight excluding hydrogens is 361 g/mol. The van der Waals surface area contributed by atoms with Crippen LogP contribution in [0.4, 0.5) is 10.1 Å². The number of rotatable bonds is 4. The highest BCUT2D eigenvalue weighted by atomic mass is 79.9. The molecule has 1 atom stereocenters. The van der Waals surface area contributed by atoms with Gasteiger partial charge in [0, 0.05) is 4.47 Å². The van der Waals surface area contributed by atoms with Crippen LogP contribution in [0.25, 0.3) is 0 Å². The zero-order valence-electron chi connectivity index (χ0n) is 11.1. The minimum Gasteiger partial charge on any atom is -0.479 e. The van der Waals surface area contributed by atoms with E-state index >= 15 is 0 Å². The molecule has 0 saturated heterocycles. The number of amides is 1. The van der Waals surface area contributed by atoms with E-state index in [-0.39, 0.29) is 5.69 Å². The number of hydrogen-bond acceptors (Lipinski definition) is 2. The van der Waals surface area contributed by atoms with E-state index in [0.29, 0.717) is 15.2 Å². The fourth-order valence-corrected chi connectivity index (χ4v) is 2.12. The van der Waals surface area contributed by atoms with E-state index < -0.39 is 17.8 Å². The van der Waals surface area contributed by atoms with Gasteiger partial charge in [-0.25, -0.2) is 4.39 Å². The first kappa shape index (κ1) is 15.8. The Morgan fingerprint density at radius 2 is 2.05 bits per heavy atom. The van der Waals surface area contributed by atoms with Crippen molar-refractivity contribution < 1.29 is 13.9 Å². The Morgan fingerprint density at radius 1 is 1.33 bits per heavy atom. The van der Waals surface area contributed by atoms with Gasteiger partial charge < -0.3 is 10.1 Å². The Balaban J connectivity index is 2.04. The molecule has 0 spiro atoms. The van der Waals surface area contributed by atoms with E-state index in [4.69, 9.17) is 16.3 Å². The van der Waals surface area contributed by atoms with Crippen molar-refractivity contribution in [1.82, 2.24) is 0 Å². The predicted octanol–water partition coefficient (Wildman–Crippen LogP) is 4.65. The van der Waals surface area contributed by atoms with E-state index in [1.807, 2.05) is 0 Å². The first-order chi connectivity index (χ1) is 9.97. The Bertz CT molecular complexity index is 666. The molecule has 21 heavy (non-hydrogen) atoms. The van der Waals surface area contributed by atoms with Crippen LogP contribution in [0.15, 0.2) is 46.9 Å². The minimum absolute atomic E-state index is 0.0952. The van der Waals surface area contributed by atoms with Gasteiger partial charge in [-0.15, -0.1) is 0 Å². The Morgan fingerprint density at radius 3 is 2.71 bits per heavy atom. The maximum Gasteiger partial charge on any atom is 0.265 e. The summed E-state index contributed by atoms with van der Waals surface area (Å²) < 4.78 is 19.7. The Kier molecular flexibility index (Phi) is 5.20. The van der Waals surface area contributed by atoms with Crippen molar-refractivity contribution in [1.29, 1.82) is 0 Å². The van der Waals surface area contributed by atoms with Crippen molar-refractivity contribution in [2.45, 2.75) is 13.0 Å². The Hall–Kier alpha value is -1.59. The number of para-hydroxylation sites is 1. The molecule has 0 aliphatic carbocycles. The number of ether oxygens (including phenoxy) is 1. The summed E-state index contributed by atoms with van der Waals surface area (Å²) in [6, 6.07) is 11.2. The molecule has 0 saturated carbocycles. The van der Waals surface area contributed by atoms with E-state index in [2.05, 4.69) is 21.2 Å². The molecule has 2 aromatic rings. The second-order valence-corrected chi connectivity index (χ2v) is 5.63. The van der Waals surface area contributed by atoms with Gasteiger partial charge in [0.25, 0.3) is 5.91 Å². The predicted molar refractivity (Wildman–Crippen MR) is 84.3 cm³/mol. The lowest BCUT2D eigenvalue weighted by molar-refractivity contribution is -0.122. The standard InChI is InChI=1S/C15H12BrClFNO2/c1-9(21-14-5-3-2-4-11(14)17)15(20)19-13-7-6-10(16)8-12(13)18/h2-9H,1H3,(H,19,20). The van der Waals surface area contributed by atoms with Gasteiger partial charge in [0.2, 0.25) is 0 Å². The molecule has 0 fully saturated rings. The average molecular weight is 373 g/mol. The molecule has 0 aliphatic rings. The van der Waals surface area contributed by atoms with Gasteiger partial charge in [0.15, 0.2) is 6.10 Å². The van der Waals surface area contributed by atoms with Gasteiger partial charge in [0.1, 0.15) is 11.6 Å². The van der Waals surface area contributed by atoms with Gasteiger partial charge in [-0.3, -0.25) is 4.79 Å². The summed E-state index contributed by atoms with van der Waals surface area (Å²) in [6.45, 7) is 1.56.